The molecule has 1 aliphatic rings. The predicted octanol–water partition coefficient (Wildman–Crippen LogP) is 0.846. The van der Waals surface area contributed by atoms with Gasteiger partial charge in [0, 0.05) is 13.1 Å². The van der Waals surface area contributed by atoms with Crippen molar-refractivity contribution in [1.82, 2.24) is 4.90 Å². The number of aliphatic hydroxyl groups excluding tert-OH is 1. The minimum Gasteiger partial charge on any atom is -0.450 e. The third-order valence-corrected chi connectivity index (χ3v) is 2.39. The number of hydrogen-bond donors (Lipinski definition) is 1. The number of carbonyl (C=O) groups excluding carboxylic acids is 1. The molecule has 0 aromatic rings. The number of hydrogen-bond acceptors (Lipinski definition) is 3. The topological polar surface area (TPSA) is 49.8 Å². The lowest BCUT2D eigenvalue weighted by molar-refractivity contribution is 0.0281. The van der Waals surface area contributed by atoms with E-state index in [1.54, 1.807) is 11.8 Å². The van der Waals surface area contributed by atoms with Gasteiger partial charge in [0.05, 0.1) is 12.7 Å². The van der Waals surface area contributed by atoms with Gasteiger partial charge in [-0.1, -0.05) is 6.92 Å². The molecule has 4 nitrogen and oxygen atoms in total. The SMILES string of the molecule is CCOC(=O)N1CCC(O)C(C)C1. The highest BCUT2D eigenvalue weighted by Gasteiger charge is 2.27. The quantitative estimate of drug-likeness (QED) is 0.662. The summed E-state index contributed by atoms with van der Waals surface area (Å²) in [5.74, 6) is 0.151. The molecule has 0 radical (unpaired) electrons. The molecule has 76 valence electrons. The molecule has 2 unspecified atom stereocenters. The summed E-state index contributed by atoms with van der Waals surface area (Å²) >= 11 is 0. The van der Waals surface area contributed by atoms with Crippen molar-refractivity contribution >= 4 is 6.09 Å². The van der Waals surface area contributed by atoms with Crippen LogP contribution in [0.3, 0.4) is 0 Å². The summed E-state index contributed by atoms with van der Waals surface area (Å²) < 4.78 is 4.87. The number of carbonyl (C=O) groups is 1. The van der Waals surface area contributed by atoms with Crippen molar-refractivity contribution in [3.8, 4) is 0 Å². The first-order valence-corrected chi connectivity index (χ1v) is 4.75. The van der Waals surface area contributed by atoms with Gasteiger partial charge in [0.2, 0.25) is 0 Å². The van der Waals surface area contributed by atoms with E-state index in [2.05, 4.69) is 0 Å². The summed E-state index contributed by atoms with van der Waals surface area (Å²) in [4.78, 5) is 12.9. The van der Waals surface area contributed by atoms with Gasteiger partial charge in [-0.15, -0.1) is 0 Å². The summed E-state index contributed by atoms with van der Waals surface area (Å²) in [5.41, 5.74) is 0. The molecule has 13 heavy (non-hydrogen) atoms. The third-order valence-electron chi connectivity index (χ3n) is 2.39. The van der Waals surface area contributed by atoms with Crippen LogP contribution in [0, 0.1) is 5.92 Å². The predicted molar refractivity (Wildman–Crippen MR) is 48.4 cm³/mol. The van der Waals surface area contributed by atoms with Crippen molar-refractivity contribution in [3.05, 3.63) is 0 Å². The van der Waals surface area contributed by atoms with Crippen molar-refractivity contribution in [1.29, 1.82) is 0 Å². The number of likely N-dealkylation sites (tertiary alicyclic amines) is 1. The van der Waals surface area contributed by atoms with Gasteiger partial charge < -0.3 is 14.7 Å². The van der Waals surface area contributed by atoms with Crippen molar-refractivity contribution in [2.75, 3.05) is 19.7 Å². The minimum absolute atomic E-state index is 0.151. The molecular formula is C9H17NO3. The highest BCUT2D eigenvalue weighted by atomic mass is 16.6. The lowest BCUT2D eigenvalue weighted by Crippen LogP contribution is -2.45. The minimum atomic E-state index is -0.273. The average molecular weight is 187 g/mol. The van der Waals surface area contributed by atoms with Crippen molar-refractivity contribution in [2.45, 2.75) is 26.4 Å². The fourth-order valence-electron chi connectivity index (χ4n) is 1.51. The Labute approximate surface area is 78.5 Å². The Hall–Kier alpha value is -0.770. The van der Waals surface area contributed by atoms with Crippen LogP contribution in [0.2, 0.25) is 0 Å². The summed E-state index contributed by atoms with van der Waals surface area (Å²) in [6.07, 6.45) is 0.118. The number of amides is 1. The summed E-state index contributed by atoms with van der Waals surface area (Å²) in [6, 6.07) is 0. The zero-order valence-corrected chi connectivity index (χ0v) is 8.19. The number of ether oxygens (including phenoxy) is 1. The smallest absolute Gasteiger partial charge is 0.409 e. The van der Waals surface area contributed by atoms with Crippen molar-refractivity contribution in [3.63, 3.8) is 0 Å². The standard InChI is InChI=1S/C9H17NO3/c1-3-13-9(12)10-5-4-8(11)7(2)6-10/h7-8,11H,3-6H2,1-2H3. The monoisotopic (exact) mass is 187 g/mol. The lowest BCUT2D eigenvalue weighted by Gasteiger charge is -2.33. The van der Waals surface area contributed by atoms with E-state index in [0.717, 1.165) is 0 Å². The molecule has 1 heterocycles. The zero-order valence-electron chi connectivity index (χ0n) is 8.19. The maximum Gasteiger partial charge on any atom is 0.409 e. The van der Waals surface area contributed by atoms with E-state index in [4.69, 9.17) is 4.74 Å². The van der Waals surface area contributed by atoms with E-state index in [0.29, 0.717) is 26.1 Å². The van der Waals surface area contributed by atoms with E-state index in [9.17, 15) is 9.90 Å². The lowest BCUT2D eigenvalue weighted by atomic mass is 9.97. The second kappa shape index (κ2) is 4.46. The molecular weight excluding hydrogens is 170 g/mol. The van der Waals surface area contributed by atoms with Crippen LogP contribution in [0.4, 0.5) is 4.79 Å². The number of aliphatic hydroxyl groups is 1. The molecule has 1 aliphatic heterocycles. The first-order chi connectivity index (χ1) is 6.15. The highest BCUT2D eigenvalue weighted by molar-refractivity contribution is 5.67. The van der Waals surface area contributed by atoms with E-state index >= 15 is 0 Å². The Morgan fingerprint density at radius 1 is 1.69 bits per heavy atom. The zero-order chi connectivity index (χ0) is 9.84. The molecule has 2 atom stereocenters. The van der Waals surface area contributed by atoms with Crippen LogP contribution in [0.1, 0.15) is 20.3 Å². The molecule has 0 spiro atoms. The van der Waals surface area contributed by atoms with Crippen molar-refractivity contribution < 1.29 is 14.6 Å². The van der Waals surface area contributed by atoms with Gasteiger partial charge in [0.1, 0.15) is 0 Å². The number of rotatable bonds is 1. The van der Waals surface area contributed by atoms with Crippen LogP contribution in [-0.2, 0) is 4.74 Å². The summed E-state index contributed by atoms with van der Waals surface area (Å²) in [5, 5.41) is 9.43. The summed E-state index contributed by atoms with van der Waals surface area (Å²) in [7, 11) is 0. The van der Waals surface area contributed by atoms with E-state index in [1.165, 1.54) is 0 Å². The maximum absolute atomic E-state index is 11.3. The molecule has 1 N–H and O–H groups in total. The molecule has 1 amide bonds. The molecule has 1 fully saturated rings. The Morgan fingerprint density at radius 2 is 2.38 bits per heavy atom. The Kier molecular flexibility index (Phi) is 3.54. The first-order valence-electron chi connectivity index (χ1n) is 4.75. The van der Waals surface area contributed by atoms with Crippen LogP contribution in [0.5, 0.6) is 0 Å². The van der Waals surface area contributed by atoms with Crippen LogP contribution in [0.15, 0.2) is 0 Å². The van der Waals surface area contributed by atoms with Gasteiger partial charge in [-0.3, -0.25) is 0 Å². The normalized spacial score (nSPS) is 28.7. The van der Waals surface area contributed by atoms with Crippen LogP contribution in [-0.4, -0.2) is 41.9 Å². The number of piperidine rings is 1. The van der Waals surface area contributed by atoms with Crippen molar-refractivity contribution in [2.24, 2.45) is 5.92 Å². The molecule has 4 heteroatoms. The molecule has 1 saturated heterocycles. The molecule has 0 saturated carbocycles. The fourth-order valence-corrected chi connectivity index (χ4v) is 1.51. The van der Waals surface area contributed by atoms with Gasteiger partial charge >= 0.3 is 6.09 Å². The van der Waals surface area contributed by atoms with Crippen LogP contribution < -0.4 is 0 Å². The van der Waals surface area contributed by atoms with E-state index in [-0.39, 0.29) is 18.1 Å². The van der Waals surface area contributed by atoms with Crippen LogP contribution in [0.25, 0.3) is 0 Å². The molecule has 0 aliphatic carbocycles. The molecule has 0 bridgehead atoms. The largest absolute Gasteiger partial charge is 0.450 e. The Balaban J connectivity index is 2.40. The third kappa shape index (κ3) is 2.59. The Morgan fingerprint density at radius 3 is 2.92 bits per heavy atom. The van der Waals surface area contributed by atoms with Gasteiger partial charge in [0.15, 0.2) is 0 Å². The van der Waals surface area contributed by atoms with E-state index < -0.39 is 0 Å². The van der Waals surface area contributed by atoms with Crippen LogP contribution >= 0.6 is 0 Å². The molecule has 0 aromatic heterocycles. The second-order valence-corrected chi connectivity index (χ2v) is 3.48. The van der Waals surface area contributed by atoms with Gasteiger partial charge in [-0.25, -0.2) is 4.79 Å². The van der Waals surface area contributed by atoms with Gasteiger partial charge in [0.25, 0.3) is 0 Å². The average Bonchev–Trinajstić information content (AvgIpc) is 2.10. The fraction of sp³-hybridized carbons (Fsp3) is 0.889. The molecule has 1 rings (SSSR count). The van der Waals surface area contributed by atoms with E-state index in [1.807, 2.05) is 6.92 Å². The number of nitrogens with zero attached hydrogens (tertiary/aromatic N) is 1. The summed E-state index contributed by atoms with van der Waals surface area (Å²) in [6.45, 7) is 5.34. The van der Waals surface area contributed by atoms with Gasteiger partial charge in [-0.2, -0.15) is 0 Å². The molecule has 0 aromatic carbocycles. The van der Waals surface area contributed by atoms with Gasteiger partial charge in [-0.05, 0) is 19.3 Å². The second-order valence-electron chi connectivity index (χ2n) is 3.48. The Bertz CT molecular complexity index is 184. The maximum atomic E-state index is 11.3. The highest BCUT2D eigenvalue weighted by Crippen LogP contribution is 2.16. The first kappa shape index (κ1) is 10.3.